The molecule has 1 aromatic heterocycles. The summed E-state index contributed by atoms with van der Waals surface area (Å²) in [7, 11) is 0. The van der Waals surface area contributed by atoms with Crippen molar-refractivity contribution in [1.29, 1.82) is 0 Å². The Morgan fingerprint density at radius 3 is 2.75 bits per heavy atom. The molecule has 1 aromatic rings. The molecule has 5 nitrogen and oxygen atoms in total. The number of nitrogens with two attached hydrogens (primary N) is 1. The molecule has 1 aliphatic heterocycles. The number of hydrogen-bond donors (Lipinski definition) is 1. The van der Waals surface area contributed by atoms with Gasteiger partial charge in [0, 0.05) is 18.8 Å². The molecule has 0 atom stereocenters. The van der Waals surface area contributed by atoms with Crippen molar-refractivity contribution < 1.29 is 4.74 Å². The number of rotatable bonds is 2. The first-order valence-corrected chi connectivity index (χ1v) is 5.56. The van der Waals surface area contributed by atoms with Crippen molar-refractivity contribution in [2.45, 2.75) is 6.92 Å². The molecule has 1 aliphatic rings. The van der Waals surface area contributed by atoms with Gasteiger partial charge in [-0.15, -0.1) is 0 Å². The lowest BCUT2D eigenvalue weighted by Gasteiger charge is -2.27. The van der Waals surface area contributed by atoms with E-state index >= 15 is 0 Å². The normalized spacial score (nSPS) is 16.2. The quantitative estimate of drug-likeness (QED) is 0.745. The second-order valence-electron chi connectivity index (χ2n) is 3.66. The molecule has 0 bridgehead atoms. The van der Waals surface area contributed by atoms with E-state index in [9.17, 15) is 0 Å². The lowest BCUT2D eigenvalue weighted by atomic mass is 10.3. The zero-order chi connectivity index (χ0) is 11.5. The maximum Gasteiger partial charge on any atom is 0.226 e. The number of hydrogen-bond acceptors (Lipinski definition) is 5. The van der Waals surface area contributed by atoms with Gasteiger partial charge in [-0.25, -0.2) is 9.97 Å². The highest BCUT2D eigenvalue weighted by atomic mass is 32.1. The highest BCUT2D eigenvalue weighted by Crippen LogP contribution is 2.12. The van der Waals surface area contributed by atoms with Gasteiger partial charge in [-0.3, -0.25) is 0 Å². The van der Waals surface area contributed by atoms with E-state index < -0.39 is 0 Å². The predicted octanol–water partition coefficient (Wildman–Crippen LogP) is 0.256. The van der Waals surface area contributed by atoms with E-state index in [1.807, 2.05) is 6.92 Å². The summed E-state index contributed by atoms with van der Waals surface area (Å²) in [5, 5.41) is 0. The van der Waals surface area contributed by atoms with Crippen molar-refractivity contribution in [2.24, 2.45) is 5.73 Å². The Kier molecular flexibility index (Phi) is 3.31. The van der Waals surface area contributed by atoms with E-state index in [0.29, 0.717) is 29.8 Å². The van der Waals surface area contributed by atoms with Gasteiger partial charge in [-0.1, -0.05) is 12.2 Å². The molecular weight excluding hydrogens is 224 g/mol. The average Bonchev–Trinajstić information content (AvgIpc) is 2.29. The fourth-order valence-electron chi connectivity index (χ4n) is 1.58. The third-order valence-corrected chi connectivity index (χ3v) is 2.60. The molecule has 6 heteroatoms. The molecule has 2 heterocycles. The monoisotopic (exact) mass is 238 g/mol. The molecule has 2 rings (SSSR count). The Morgan fingerprint density at radius 1 is 1.44 bits per heavy atom. The van der Waals surface area contributed by atoms with Crippen LogP contribution >= 0.6 is 12.2 Å². The fourth-order valence-corrected chi connectivity index (χ4v) is 1.69. The minimum atomic E-state index is 0.306. The van der Waals surface area contributed by atoms with Crippen LogP contribution in [-0.2, 0) is 4.74 Å². The van der Waals surface area contributed by atoms with Crippen LogP contribution < -0.4 is 10.6 Å². The minimum Gasteiger partial charge on any atom is -0.388 e. The summed E-state index contributed by atoms with van der Waals surface area (Å²) in [6, 6.07) is 1.80. The van der Waals surface area contributed by atoms with Gasteiger partial charge >= 0.3 is 0 Å². The van der Waals surface area contributed by atoms with E-state index in [-0.39, 0.29) is 0 Å². The Labute approximate surface area is 99.6 Å². The summed E-state index contributed by atoms with van der Waals surface area (Å²) in [6.45, 7) is 4.94. The van der Waals surface area contributed by atoms with Crippen LogP contribution in [0.3, 0.4) is 0 Å². The van der Waals surface area contributed by atoms with E-state index in [4.69, 9.17) is 22.7 Å². The first kappa shape index (κ1) is 11.2. The van der Waals surface area contributed by atoms with Crippen LogP contribution in [0, 0.1) is 6.92 Å². The third-order valence-electron chi connectivity index (χ3n) is 2.39. The van der Waals surface area contributed by atoms with E-state index in [1.165, 1.54) is 0 Å². The topological polar surface area (TPSA) is 64.3 Å². The summed E-state index contributed by atoms with van der Waals surface area (Å²) in [5.74, 6) is 0.686. The molecule has 2 N–H and O–H groups in total. The molecular formula is C10H14N4OS. The molecule has 0 saturated carbocycles. The summed E-state index contributed by atoms with van der Waals surface area (Å²) in [6.07, 6.45) is 0. The predicted molar refractivity (Wildman–Crippen MR) is 65.7 cm³/mol. The van der Waals surface area contributed by atoms with Gasteiger partial charge in [-0.05, 0) is 13.0 Å². The number of aryl methyl sites for hydroxylation is 1. The average molecular weight is 238 g/mol. The molecule has 1 saturated heterocycles. The van der Waals surface area contributed by atoms with Crippen LogP contribution in [0.1, 0.15) is 11.4 Å². The zero-order valence-corrected chi connectivity index (χ0v) is 9.96. The SMILES string of the molecule is Cc1cc(C(N)=S)nc(N2CCOCC2)n1. The maximum atomic E-state index is 5.58. The van der Waals surface area contributed by atoms with E-state index in [0.717, 1.165) is 18.8 Å². The number of nitrogens with zero attached hydrogens (tertiary/aromatic N) is 3. The Morgan fingerprint density at radius 2 is 2.12 bits per heavy atom. The lowest BCUT2D eigenvalue weighted by Crippen LogP contribution is -2.37. The van der Waals surface area contributed by atoms with Crippen LogP contribution in [0.25, 0.3) is 0 Å². The highest BCUT2D eigenvalue weighted by Gasteiger charge is 2.15. The van der Waals surface area contributed by atoms with Crippen molar-refractivity contribution in [3.63, 3.8) is 0 Å². The molecule has 16 heavy (non-hydrogen) atoms. The van der Waals surface area contributed by atoms with Crippen LogP contribution in [0.4, 0.5) is 5.95 Å². The van der Waals surface area contributed by atoms with Gasteiger partial charge in [0.05, 0.1) is 13.2 Å². The van der Waals surface area contributed by atoms with Crippen molar-refractivity contribution >= 4 is 23.2 Å². The highest BCUT2D eigenvalue weighted by molar-refractivity contribution is 7.80. The van der Waals surface area contributed by atoms with Gasteiger partial charge in [0.25, 0.3) is 0 Å². The number of morpholine rings is 1. The van der Waals surface area contributed by atoms with Gasteiger partial charge in [-0.2, -0.15) is 0 Å². The van der Waals surface area contributed by atoms with Gasteiger partial charge < -0.3 is 15.4 Å². The fraction of sp³-hybridized carbons (Fsp3) is 0.500. The van der Waals surface area contributed by atoms with Gasteiger partial charge in [0.15, 0.2) is 0 Å². The smallest absolute Gasteiger partial charge is 0.226 e. The van der Waals surface area contributed by atoms with Crippen LogP contribution in [-0.4, -0.2) is 41.3 Å². The largest absolute Gasteiger partial charge is 0.388 e. The Balaban J connectivity index is 2.28. The van der Waals surface area contributed by atoms with Crippen LogP contribution in [0.2, 0.25) is 0 Å². The molecule has 86 valence electrons. The van der Waals surface area contributed by atoms with Crippen LogP contribution in [0.5, 0.6) is 0 Å². The number of ether oxygens (including phenoxy) is 1. The van der Waals surface area contributed by atoms with Crippen molar-refractivity contribution in [3.05, 3.63) is 17.5 Å². The van der Waals surface area contributed by atoms with Crippen LogP contribution in [0.15, 0.2) is 6.07 Å². The molecule has 0 amide bonds. The summed E-state index contributed by atoms with van der Waals surface area (Å²) in [5.41, 5.74) is 7.08. The first-order valence-electron chi connectivity index (χ1n) is 5.15. The summed E-state index contributed by atoms with van der Waals surface area (Å²) in [4.78, 5) is 11.1. The third kappa shape index (κ3) is 2.45. The second kappa shape index (κ2) is 4.71. The zero-order valence-electron chi connectivity index (χ0n) is 9.14. The molecule has 0 aliphatic carbocycles. The lowest BCUT2D eigenvalue weighted by molar-refractivity contribution is 0.122. The van der Waals surface area contributed by atoms with Crippen molar-refractivity contribution in [3.8, 4) is 0 Å². The molecule has 0 spiro atoms. The Hall–Kier alpha value is -1.27. The number of thiocarbonyl (C=S) groups is 1. The first-order chi connectivity index (χ1) is 7.66. The minimum absolute atomic E-state index is 0.306. The van der Waals surface area contributed by atoms with Gasteiger partial charge in [0.1, 0.15) is 10.7 Å². The summed E-state index contributed by atoms with van der Waals surface area (Å²) < 4.78 is 5.28. The number of aromatic nitrogens is 2. The van der Waals surface area contributed by atoms with Gasteiger partial charge in [0.2, 0.25) is 5.95 Å². The standard InChI is InChI=1S/C10H14N4OS/c1-7-6-8(9(11)16)13-10(12-7)14-2-4-15-5-3-14/h6H,2-5H2,1H3,(H2,11,16). The van der Waals surface area contributed by atoms with Crippen molar-refractivity contribution in [2.75, 3.05) is 31.2 Å². The number of anilines is 1. The summed E-state index contributed by atoms with van der Waals surface area (Å²) >= 11 is 4.93. The maximum absolute atomic E-state index is 5.58. The Bertz CT molecular complexity index is 404. The molecule has 0 aromatic carbocycles. The van der Waals surface area contributed by atoms with E-state index in [2.05, 4.69) is 14.9 Å². The van der Waals surface area contributed by atoms with E-state index in [1.54, 1.807) is 6.07 Å². The molecule has 1 fully saturated rings. The van der Waals surface area contributed by atoms with Crippen molar-refractivity contribution in [1.82, 2.24) is 9.97 Å². The second-order valence-corrected chi connectivity index (χ2v) is 4.10. The molecule has 0 unspecified atom stereocenters. The molecule has 0 radical (unpaired) electrons.